The normalized spacial score (nSPS) is 24.2. The Morgan fingerprint density at radius 2 is 1.94 bits per heavy atom. The van der Waals surface area contributed by atoms with Crippen LogP contribution in [0.1, 0.15) is 30.7 Å². The second kappa shape index (κ2) is 5.18. The zero-order chi connectivity index (χ0) is 13.2. The first kappa shape index (κ1) is 13.2. The number of nitrogens with one attached hydrogen (secondary N) is 1. The van der Waals surface area contributed by atoms with Crippen molar-refractivity contribution in [2.24, 2.45) is 0 Å². The van der Waals surface area contributed by atoms with Crippen LogP contribution >= 0.6 is 0 Å². The SMILES string of the molecule is CNC1CCCC1c1ccccc1OC(F)(F)F. The lowest BCUT2D eigenvalue weighted by molar-refractivity contribution is -0.275. The lowest BCUT2D eigenvalue weighted by atomic mass is 9.93. The summed E-state index contributed by atoms with van der Waals surface area (Å²) >= 11 is 0. The third-order valence-corrected chi connectivity index (χ3v) is 3.43. The van der Waals surface area contributed by atoms with Crippen LogP contribution in [0, 0.1) is 0 Å². The molecule has 5 heteroatoms. The van der Waals surface area contributed by atoms with E-state index in [1.807, 2.05) is 7.05 Å². The van der Waals surface area contributed by atoms with E-state index in [1.165, 1.54) is 6.07 Å². The molecule has 0 bridgehead atoms. The van der Waals surface area contributed by atoms with Crippen LogP contribution in [0.4, 0.5) is 13.2 Å². The van der Waals surface area contributed by atoms with Crippen molar-refractivity contribution in [2.45, 2.75) is 37.6 Å². The molecule has 0 spiro atoms. The van der Waals surface area contributed by atoms with E-state index >= 15 is 0 Å². The van der Waals surface area contributed by atoms with Gasteiger partial charge in [0.15, 0.2) is 0 Å². The number of para-hydroxylation sites is 1. The van der Waals surface area contributed by atoms with Gasteiger partial charge in [-0.15, -0.1) is 13.2 Å². The van der Waals surface area contributed by atoms with Crippen LogP contribution in [0.3, 0.4) is 0 Å². The molecule has 1 aliphatic rings. The lowest BCUT2D eigenvalue weighted by Crippen LogP contribution is -2.28. The molecule has 2 atom stereocenters. The van der Waals surface area contributed by atoms with E-state index < -0.39 is 6.36 Å². The first-order valence-corrected chi connectivity index (χ1v) is 6.03. The number of rotatable bonds is 3. The van der Waals surface area contributed by atoms with Crippen molar-refractivity contribution in [1.82, 2.24) is 5.32 Å². The van der Waals surface area contributed by atoms with Gasteiger partial charge in [-0.2, -0.15) is 0 Å². The van der Waals surface area contributed by atoms with Crippen LogP contribution in [-0.2, 0) is 0 Å². The summed E-state index contributed by atoms with van der Waals surface area (Å²) in [6.45, 7) is 0. The van der Waals surface area contributed by atoms with Gasteiger partial charge in [0.05, 0.1) is 0 Å². The van der Waals surface area contributed by atoms with Crippen LogP contribution in [0.2, 0.25) is 0 Å². The van der Waals surface area contributed by atoms with Crippen molar-refractivity contribution in [2.75, 3.05) is 7.05 Å². The van der Waals surface area contributed by atoms with Gasteiger partial charge >= 0.3 is 6.36 Å². The highest BCUT2D eigenvalue weighted by Crippen LogP contribution is 2.40. The Kier molecular flexibility index (Phi) is 3.80. The monoisotopic (exact) mass is 259 g/mol. The van der Waals surface area contributed by atoms with E-state index in [0.717, 1.165) is 19.3 Å². The summed E-state index contributed by atoms with van der Waals surface area (Å²) in [6.07, 6.45) is -1.73. The van der Waals surface area contributed by atoms with Gasteiger partial charge in [-0.1, -0.05) is 24.6 Å². The highest BCUT2D eigenvalue weighted by molar-refractivity contribution is 5.38. The second-order valence-corrected chi connectivity index (χ2v) is 4.52. The van der Waals surface area contributed by atoms with Gasteiger partial charge in [-0.05, 0) is 31.5 Å². The van der Waals surface area contributed by atoms with Crippen LogP contribution in [-0.4, -0.2) is 19.5 Å². The van der Waals surface area contributed by atoms with Gasteiger partial charge < -0.3 is 10.1 Å². The standard InChI is InChI=1S/C13H16F3NO/c1-17-11-7-4-6-9(11)10-5-2-3-8-12(10)18-13(14,15)16/h2-3,5,8-9,11,17H,4,6-7H2,1H3. The molecule has 2 unspecified atom stereocenters. The van der Waals surface area contributed by atoms with Gasteiger partial charge in [-0.25, -0.2) is 0 Å². The number of alkyl halides is 3. The van der Waals surface area contributed by atoms with E-state index in [2.05, 4.69) is 10.1 Å². The third kappa shape index (κ3) is 2.96. The maximum absolute atomic E-state index is 12.3. The topological polar surface area (TPSA) is 21.3 Å². The Bertz CT molecular complexity index is 405. The van der Waals surface area contributed by atoms with E-state index in [9.17, 15) is 13.2 Å². The summed E-state index contributed by atoms with van der Waals surface area (Å²) in [6, 6.07) is 6.65. The number of hydrogen-bond donors (Lipinski definition) is 1. The highest BCUT2D eigenvalue weighted by Gasteiger charge is 2.35. The minimum absolute atomic E-state index is 0.0721. The van der Waals surface area contributed by atoms with E-state index in [4.69, 9.17) is 0 Å². The molecule has 1 aliphatic carbocycles. The summed E-state index contributed by atoms with van der Waals surface area (Å²) in [5.74, 6) is 0.0192. The molecule has 18 heavy (non-hydrogen) atoms. The number of likely N-dealkylation sites (N-methyl/N-ethyl adjacent to an activating group) is 1. The Labute approximate surface area is 104 Å². The summed E-state index contributed by atoms with van der Waals surface area (Å²) in [5, 5.41) is 3.17. The first-order valence-electron chi connectivity index (χ1n) is 6.03. The summed E-state index contributed by atoms with van der Waals surface area (Å²) < 4.78 is 41.2. The Morgan fingerprint density at radius 1 is 1.22 bits per heavy atom. The van der Waals surface area contributed by atoms with Crippen molar-refractivity contribution >= 4 is 0 Å². The molecule has 1 aromatic carbocycles. The molecule has 1 aromatic rings. The first-order chi connectivity index (χ1) is 8.51. The van der Waals surface area contributed by atoms with Gasteiger partial charge in [0.1, 0.15) is 5.75 Å². The number of ether oxygens (including phenoxy) is 1. The van der Waals surface area contributed by atoms with E-state index in [-0.39, 0.29) is 17.7 Å². The maximum atomic E-state index is 12.3. The average Bonchev–Trinajstić information content (AvgIpc) is 2.75. The average molecular weight is 259 g/mol. The number of benzene rings is 1. The number of halogens is 3. The highest BCUT2D eigenvalue weighted by atomic mass is 19.4. The Morgan fingerprint density at radius 3 is 2.61 bits per heavy atom. The fourth-order valence-electron chi connectivity index (χ4n) is 2.68. The zero-order valence-corrected chi connectivity index (χ0v) is 10.1. The van der Waals surface area contributed by atoms with Crippen molar-refractivity contribution in [3.8, 4) is 5.75 Å². The van der Waals surface area contributed by atoms with E-state index in [1.54, 1.807) is 18.2 Å². The van der Waals surface area contributed by atoms with Crippen molar-refractivity contribution in [3.05, 3.63) is 29.8 Å². The van der Waals surface area contributed by atoms with Gasteiger partial charge in [-0.3, -0.25) is 0 Å². The quantitative estimate of drug-likeness (QED) is 0.897. The summed E-state index contributed by atoms with van der Waals surface area (Å²) in [4.78, 5) is 0. The second-order valence-electron chi connectivity index (χ2n) is 4.52. The number of hydrogen-bond acceptors (Lipinski definition) is 2. The molecule has 2 nitrogen and oxygen atoms in total. The maximum Gasteiger partial charge on any atom is 0.573 e. The van der Waals surface area contributed by atoms with Crippen molar-refractivity contribution in [1.29, 1.82) is 0 Å². The third-order valence-electron chi connectivity index (χ3n) is 3.43. The molecular weight excluding hydrogens is 243 g/mol. The van der Waals surface area contributed by atoms with Crippen LogP contribution < -0.4 is 10.1 Å². The molecule has 0 aromatic heterocycles. The van der Waals surface area contributed by atoms with E-state index in [0.29, 0.717) is 5.56 Å². The van der Waals surface area contributed by atoms with Gasteiger partial charge in [0.2, 0.25) is 0 Å². The molecule has 0 heterocycles. The van der Waals surface area contributed by atoms with Gasteiger partial charge in [0.25, 0.3) is 0 Å². The minimum Gasteiger partial charge on any atom is -0.405 e. The summed E-state index contributed by atoms with van der Waals surface area (Å²) in [5.41, 5.74) is 0.645. The molecule has 0 aliphatic heterocycles. The molecule has 0 amide bonds. The van der Waals surface area contributed by atoms with Crippen molar-refractivity contribution < 1.29 is 17.9 Å². The predicted molar refractivity (Wildman–Crippen MR) is 62.6 cm³/mol. The summed E-state index contributed by atoms with van der Waals surface area (Å²) in [7, 11) is 1.84. The molecule has 1 fully saturated rings. The molecule has 1 N–H and O–H groups in total. The molecule has 100 valence electrons. The largest absolute Gasteiger partial charge is 0.573 e. The fraction of sp³-hybridized carbons (Fsp3) is 0.538. The zero-order valence-electron chi connectivity index (χ0n) is 10.1. The van der Waals surface area contributed by atoms with Crippen LogP contribution in [0.5, 0.6) is 5.75 Å². The lowest BCUT2D eigenvalue weighted by Gasteiger charge is -2.22. The molecule has 0 saturated heterocycles. The van der Waals surface area contributed by atoms with Gasteiger partial charge in [0, 0.05) is 12.0 Å². The predicted octanol–water partition coefficient (Wildman–Crippen LogP) is 3.44. The molecular formula is C13H16F3NO. The van der Waals surface area contributed by atoms with Crippen LogP contribution in [0.15, 0.2) is 24.3 Å². The Balaban J connectivity index is 2.27. The molecule has 1 saturated carbocycles. The van der Waals surface area contributed by atoms with Crippen LogP contribution in [0.25, 0.3) is 0 Å². The molecule has 2 rings (SSSR count). The minimum atomic E-state index is -4.64. The Hall–Kier alpha value is -1.23. The van der Waals surface area contributed by atoms with Crippen molar-refractivity contribution in [3.63, 3.8) is 0 Å². The fourth-order valence-corrected chi connectivity index (χ4v) is 2.68. The molecule has 0 radical (unpaired) electrons. The smallest absolute Gasteiger partial charge is 0.405 e.